The molecule has 3 rings (SSSR count). The van der Waals surface area contributed by atoms with Crippen molar-refractivity contribution in [3.8, 4) is 0 Å². The van der Waals surface area contributed by atoms with Gasteiger partial charge in [-0.25, -0.2) is 0 Å². The first-order chi connectivity index (χ1) is 14.8. The quantitative estimate of drug-likeness (QED) is 0.476. The van der Waals surface area contributed by atoms with Crippen LogP contribution < -0.4 is 5.32 Å². The lowest BCUT2D eigenvalue weighted by Crippen LogP contribution is -2.42. The van der Waals surface area contributed by atoms with Crippen LogP contribution in [0.4, 0.5) is 32.0 Å². The van der Waals surface area contributed by atoms with Crippen molar-refractivity contribution in [3.63, 3.8) is 0 Å². The maximum Gasteiger partial charge on any atom is 0.471 e. The van der Waals surface area contributed by atoms with Crippen LogP contribution in [0.2, 0.25) is 10.0 Å². The predicted octanol–water partition coefficient (Wildman–Crippen LogP) is 6.74. The standard InChI is InChI=1S/C20H12Cl2F6N2O2/c21-13-7-12(8-14(22)9-13)18(20(26,27)28)10-16(30-32-18)6-3-11-1-4-15(5-2-11)29-17(31)19(23,24)25/h1-9H,10H2,(H,29,31)/b6-3-. The number of hydrogen-bond donors (Lipinski definition) is 1. The molecule has 0 spiro atoms. The Bertz CT molecular complexity index is 1060. The summed E-state index contributed by atoms with van der Waals surface area (Å²) in [5, 5.41) is 5.22. The first kappa shape index (κ1) is 23.9. The molecule has 1 aliphatic rings. The number of nitrogens with one attached hydrogen (secondary N) is 1. The van der Waals surface area contributed by atoms with Gasteiger partial charge < -0.3 is 10.2 Å². The number of halogens is 8. The molecule has 32 heavy (non-hydrogen) atoms. The van der Waals surface area contributed by atoms with E-state index in [0.717, 1.165) is 12.1 Å². The second kappa shape index (κ2) is 8.67. The van der Waals surface area contributed by atoms with E-state index in [9.17, 15) is 31.1 Å². The van der Waals surface area contributed by atoms with Crippen LogP contribution in [0.1, 0.15) is 17.5 Å². The lowest BCUT2D eigenvalue weighted by atomic mass is 9.88. The number of oxime groups is 1. The van der Waals surface area contributed by atoms with Gasteiger partial charge in [0.25, 0.3) is 5.60 Å². The van der Waals surface area contributed by atoms with E-state index in [1.54, 1.807) is 5.32 Å². The average Bonchev–Trinajstić information content (AvgIpc) is 3.12. The number of nitrogens with zero attached hydrogens (tertiary/aromatic N) is 1. The topological polar surface area (TPSA) is 50.7 Å². The fourth-order valence-electron chi connectivity index (χ4n) is 2.87. The monoisotopic (exact) mass is 496 g/mol. The van der Waals surface area contributed by atoms with Crippen LogP contribution in [0.25, 0.3) is 6.08 Å². The summed E-state index contributed by atoms with van der Waals surface area (Å²) in [4.78, 5) is 15.8. The molecule has 2 aromatic rings. The van der Waals surface area contributed by atoms with Crippen LogP contribution in [-0.2, 0) is 15.2 Å². The number of hydrogen-bond acceptors (Lipinski definition) is 3. The fourth-order valence-corrected chi connectivity index (χ4v) is 3.40. The van der Waals surface area contributed by atoms with Gasteiger partial charge in [0.15, 0.2) is 0 Å². The van der Waals surface area contributed by atoms with E-state index < -0.39 is 30.3 Å². The second-order valence-electron chi connectivity index (χ2n) is 6.74. The van der Waals surface area contributed by atoms with Gasteiger partial charge in [0.1, 0.15) is 0 Å². The molecule has 0 saturated carbocycles. The summed E-state index contributed by atoms with van der Waals surface area (Å²) >= 11 is 11.7. The largest absolute Gasteiger partial charge is 0.471 e. The molecular weight excluding hydrogens is 485 g/mol. The Morgan fingerprint density at radius 3 is 2.12 bits per heavy atom. The van der Waals surface area contributed by atoms with Gasteiger partial charge in [-0.15, -0.1) is 0 Å². The van der Waals surface area contributed by atoms with Crippen molar-refractivity contribution in [3.05, 3.63) is 69.7 Å². The second-order valence-corrected chi connectivity index (χ2v) is 7.61. The van der Waals surface area contributed by atoms with E-state index in [1.807, 2.05) is 0 Å². The Kier molecular flexibility index (Phi) is 6.48. The Balaban J connectivity index is 1.76. The Morgan fingerprint density at radius 2 is 1.59 bits per heavy atom. The third kappa shape index (κ3) is 5.18. The molecule has 1 atom stereocenters. The molecule has 0 aromatic heterocycles. The van der Waals surface area contributed by atoms with Crippen molar-refractivity contribution in [1.29, 1.82) is 0 Å². The highest BCUT2D eigenvalue weighted by Gasteiger charge is 2.62. The highest BCUT2D eigenvalue weighted by atomic mass is 35.5. The zero-order chi connectivity index (χ0) is 23.7. The summed E-state index contributed by atoms with van der Waals surface area (Å²) in [5.41, 5.74) is -2.77. The maximum absolute atomic E-state index is 13.9. The van der Waals surface area contributed by atoms with E-state index in [1.165, 1.54) is 42.5 Å². The number of amides is 1. The van der Waals surface area contributed by atoms with Crippen LogP contribution in [0.15, 0.2) is 53.7 Å². The van der Waals surface area contributed by atoms with Gasteiger partial charge in [0.05, 0.1) is 5.71 Å². The lowest BCUT2D eigenvalue weighted by Gasteiger charge is -2.29. The number of rotatable bonds is 4. The molecule has 170 valence electrons. The van der Waals surface area contributed by atoms with Crippen molar-refractivity contribution in [1.82, 2.24) is 0 Å². The molecular formula is C20H12Cl2F6N2O2. The summed E-state index contributed by atoms with van der Waals surface area (Å²) in [7, 11) is 0. The molecule has 0 saturated heterocycles. The molecule has 1 N–H and O–H groups in total. The Labute approximate surface area is 187 Å². The van der Waals surface area contributed by atoms with Gasteiger partial charge in [-0.2, -0.15) is 26.3 Å². The van der Waals surface area contributed by atoms with Crippen LogP contribution >= 0.6 is 23.2 Å². The number of carbonyl (C=O) groups excluding carboxylic acids is 1. The highest BCUT2D eigenvalue weighted by molar-refractivity contribution is 6.34. The van der Waals surface area contributed by atoms with Gasteiger partial charge in [0.2, 0.25) is 0 Å². The lowest BCUT2D eigenvalue weighted by molar-refractivity contribution is -0.275. The summed E-state index contributed by atoms with van der Waals surface area (Å²) in [6, 6.07) is 8.63. The normalized spacial score (nSPS) is 19.1. The molecule has 1 heterocycles. The SMILES string of the molecule is O=C(Nc1ccc(/C=C\C2=NOC(c3cc(Cl)cc(Cl)c3)(C(F)(F)F)C2)cc1)C(F)(F)F. The summed E-state index contributed by atoms with van der Waals surface area (Å²) in [6.07, 6.45) is -7.84. The number of allylic oxidation sites excluding steroid dienone is 1. The maximum atomic E-state index is 13.9. The Hall–Kier alpha value is -2.72. The van der Waals surface area contributed by atoms with E-state index >= 15 is 0 Å². The highest BCUT2D eigenvalue weighted by Crippen LogP contribution is 2.49. The van der Waals surface area contributed by atoms with Gasteiger partial charge in [-0.1, -0.05) is 46.6 Å². The Morgan fingerprint density at radius 1 is 1.00 bits per heavy atom. The summed E-state index contributed by atoms with van der Waals surface area (Å²) < 4.78 is 78.6. The van der Waals surface area contributed by atoms with E-state index in [4.69, 9.17) is 28.0 Å². The van der Waals surface area contributed by atoms with Crippen molar-refractivity contribution in [2.24, 2.45) is 5.16 Å². The number of alkyl halides is 6. The molecule has 1 amide bonds. The van der Waals surface area contributed by atoms with Gasteiger partial charge >= 0.3 is 18.3 Å². The van der Waals surface area contributed by atoms with E-state index in [2.05, 4.69) is 5.16 Å². The minimum Gasteiger partial charge on any atom is -0.374 e. The smallest absolute Gasteiger partial charge is 0.374 e. The number of anilines is 1. The van der Waals surface area contributed by atoms with Crippen molar-refractivity contribution >= 4 is 46.6 Å². The first-order valence-corrected chi connectivity index (χ1v) is 9.50. The van der Waals surface area contributed by atoms with Crippen molar-refractivity contribution in [2.45, 2.75) is 24.4 Å². The third-order valence-corrected chi connectivity index (χ3v) is 4.87. The number of benzene rings is 2. The van der Waals surface area contributed by atoms with Crippen molar-refractivity contribution in [2.75, 3.05) is 5.32 Å². The first-order valence-electron chi connectivity index (χ1n) is 8.75. The molecule has 1 unspecified atom stereocenters. The van der Waals surface area contributed by atoms with Crippen molar-refractivity contribution < 1.29 is 36.0 Å². The summed E-state index contributed by atoms with van der Waals surface area (Å²) in [5.74, 6) is -2.12. The zero-order valence-corrected chi connectivity index (χ0v) is 17.2. The molecule has 0 fully saturated rings. The van der Waals surface area contributed by atoms with Crippen LogP contribution in [-0.4, -0.2) is 24.0 Å². The molecule has 0 aliphatic carbocycles. The summed E-state index contributed by atoms with van der Waals surface area (Å²) in [6.45, 7) is 0. The molecule has 12 heteroatoms. The zero-order valence-electron chi connectivity index (χ0n) is 15.7. The average molecular weight is 497 g/mol. The molecule has 0 radical (unpaired) electrons. The fraction of sp³-hybridized carbons (Fsp3) is 0.200. The third-order valence-electron chi connectivity index (χ3n) is 4.43. The predicted molar refractivity (Wildman–Crippen MR) is 107 cm³/mol. The van der Waals surface area contributed by atoms with Gasteiger partial charge in [0, 0.05) is 27.7 Å². The van der Waals surface area contributed by atoms with Crippen LogP contribution in [0.5, 0.6) is 0 Å². The van der Waals surface area contributed by atoms with E-state index in [-0.39, 0.29) is 27.0 Å². The van der Waals surface area contributed by atoms with Crippen LogP contribution in [0, 0.1) is 0 Å². The van der Waals surface area contributed by atoms with E-state index in [0.29, 0.717) is 5.56 Å². The molecule has 1 aliphatic heterocycles. The molecule has 4 nitrogen and oxygen atoms in total. The minimum atomic E-state index is -5.03. The molecule has 0 bridgehead atoms. The van der Waals surface area contributed by atoms with Gasteiger partial charge in [-0.05, 0) is 42.0 Å². The van der Waals surface area contributed by atoms with Gasteiger partial charge in [-0.3, -0.25) is 4.79 Å². The molecule has 2 aromatic carbocycles. The minimum absolute atomic E-state index is 0.00132. The number of carbonyl (C=O) groups is 1. The van der Waals surface area contributed by atoms with Crippen LogP contribution in [0.3, 0.4) is 0 Å².